The van der Waals surface area contributed by atoms with Crippen molar-refractivity contribution in [3.63, 3.8) is 0 Å². The molecule has 0 saturated carbocycles. The van der Waals surface area contributed by atoms with Crippen molar-refractivity contribution in [1.82, 2.24) is 0 Å². The molecule has 0 aromatic carbocycles. The van der Waals surface area contributed by atoms with Crippen molar-refractivity contribution in [3.05, 3.63) is 12.7 Å². The number of thioether (sulfide) groups is 1. The van der Waals surface area contributed by atoms with Crippen LogP contribution in [0.15, 0.2) is 12.7 Å². The second-order valence-corrected chi connectivity index (χ2v) is 3.68. The van der Waals surface area contributed by atoms with Crippen LogP contribution < -0.4 is 0 Å². The number of rotatable bonds is 5. The predicted octanol–water partition coefficient (Wildman–Crippen LogP) is 2.07. The molecule has 0 aliphatic carbocycles. The summed E-state index contributed by atoms with van der Waals surface area (Å²) in [5.41, 5.74) is -0.492. The maximum Gasteiger partial charge on any atom is 0.0707 e. The van der Waals surface area contributed by atoms with E-state index in [1.54, 1.807) is 11.8 Å². The SMILES string of the molecule is C=CCSCC(C)(O)CC. The molecular formula is C8H16OS. The Morgan fingerprint density at radius 2 is 2.30 bits per heavy atom. The highest BCUT2D eigenvalue weighted by molar-refractivity contribution is 7.99. The lowest BCUT2D eigenvalue weighted by Gasteiger charge is -2.19. The third-order valence-electron chi connectivity index (χ3n) is 1.41. The summed E-state index contributed by atoms with van der Waals surface area (Å²) in [7, 11) is 0. The van der Waals surface area contributed by atoms with Gasteiger partial charge < -0.3 is 5.11 Å². The largest absolute Gasteiger partial charge is 0.389 e. The van der Waals surface area contributed by atoms with E-state index in [0.717, 1.165) is 17.9 Å². The molecule has 0 aliphatic heterocycles. The van der Waals surface area contributed by atoms with E-state index in [2.05, 4.69) is 6.58 Å². The van der Waals surface area contributed by atoms with E-state index in [4.69, 9.17) is 0 Å². The van der Waals surface area contributed by atoms with Crippen molar-refractivity contribution in [2.24, 2.45) is 0 Å². The molecule has 0 rings (SSSR count). The zero-order valence-corrected chi connectivity index (χ0v) is 7.58. The van der Waals surface area contributed by atoms with E-state index in [9.17, 15) is 5.11 Å². The van der Waals surface area contributed by atoms with Crippen molar-refractivity contribution in [2.45, 2.75) is 25.9 Å². The Bertz CT molecular complexity index is 99.4. The van der Waals surface area contributed by atoms with Crippen LogP contribution in [-0.2, 0) is 0 Å². The Morgan fingerprint density at radius 3 is 2.70 bits per heavy atom. The van der Waals surface area contributed by atoms with E-state index < -0.39 is 5.60 Å². The second kappa shape index (κ2) is 4.80. The summed E-state index contributed by atoms with van der Waals surface area (Å²) in [6, 6.07) is 0. The Labute approximate surface area is 67.5 Å². The maximum atomic E-state index is 9.49. The predicted molar refractivity (Wildman–Crippen MR) is 48.4 cm³/mol. The molecule has 0 aliphatic rings. The molecule has 1 unspecified atom stereocenters. The standard InChI is InChI=1S/C8H16OS/c1-4-6-10-7-8(3,9)5-2/h4,9H,1,5-7H2,2-3H3. The summed E-state index contributed by atoms with van der Waals surface area (Å²) in [5.74, 6) is 1.73. The van der Waals surface area contributed by atoms with Crippen LogP contribution in [0.3, 0.4) is 0 Å². The van der Waals surface area contributed by atoms with Crippen molar-refractivity contribution in [1.29, 1.82) is 0 Å². The fourth-order valence-electron chi connectivity index (χ4n) is 0.464. The van der Waals surface area contributed by atoms with Crippen LogP contribution in [0.1, 0.15) is 20.3 Å². The van der Waals surface area contributed by atoms with Gasteiger partial charge in [0.05, 0.1) is 5.60 Å². The van der Waals surface area contributed by atoms with E-state index in [0.29, 0.717) is 0 Å². The highest BCUT2D eigenvalue weighted by Crippen LogP contribution is 2.15. The lowest BCUT2D eigenvalue weighted by Crippen LogP contribution is -2.25. The molecule has 10 heavy (non-hydrogen) atoms. The maximum absolute atomic E-state index is 9.49. The molecule has 2 heteroatoms. The van der Waals surface area contributed by atoms with Crippen LogP contribution in [-0.4, -0.2) is 22.2 Å². The molecule has 0 aromatic heterocycles. The first kappa shape index (κ1) is 10.0. The molecule has 1 nitrogen and oxygen atoms in total. The minimum Gasteiger partial charge on any atom is -0.389 e. The van der Waals surface area contributed by atoms with Crippen molar-refractivity contribution < 1.29 is 5.11 Å². The van der Waals surface area contributed by atoms with Gasteiger partial charge in [-0.1, -0.05) is 13.0 Å². The molecule has 0 fully saturated rings. The van der Waals surface area contributed by atoms with Crippen LogP contribution in [0.4, 0.5) is 0 Å². The summed E-state index contributed by atoms with van der Waals surface area (Å²) in [5, 5.41) is 9.49. The molecule has 0 bridgehead atoms. The molecule has 1 atom stereocenters. The van der Waals surface area contributed by atoms with Gasteiger partial charge >= 0.3 is 0 Å². The number of hydrogen-bond acceptors (Lipinski definition) is 2. The highest BCUT2D eigenvalue weighted by atomic mass is 32.2. The second-order valence-electron chi connectivity index (χ2n) is 2.65. The van der Waals surface area contributed by atoms with Gasteiger partial charge in [-0.05, 0) is 13.3 Å². The molecule has 0 amide bonds. The van der Waals surface area contributed by atoms with Crippen LogP contribution >= 0.6 is 11.8 Å². The first-order chi connectivity index (χ1) is 4.62. The van der Waals surface area contributed by atoms with Crippen LogP contribution in [0.5, 0.6) is 0 Å². The molecule has 60 valence electrons. The van der Waals surface area contributed by atoms with Gasteiger partial charge in [0.1, 0.15) is 0 Å². The number of hydrogen-bond donors (Lipinski definition) is 1. The Morgan fingerprint density at radius 1 is 1.70 bits per heavy atom. The molecule has 0 spiro atoms. The molecule has 0 aromatic rings. The van der Waals surface area contributed by atoms with Crippen LogP contribution in [0.25, 0.3) is 0 Å². The van der Waals surface area contributed by atoms with Gasteiger partial charge in [0, 0.05) is 11.5 Å². The smallest absolute Gasteiger partial charge is 0.0707 e. The van der Waals surface area contributed by atoms with Gasteiger partial charge in [-0.3, -0.25) is 0 Å². The topological polar surface area (TPSA) is 20.2 Å². The van der Waals surface area contributed by atoms with E-state index >= 15 is 0 Å². The fraction of sp³-hybridized carbons (Fsp3) is 0.750. The quantitative estimate of drug-likeness (QED) is 0.491. The Balaban J connectivity index is 3.36. The third kappa shape index (κ3) is 4.89. The summed E-state index contributed by atoms with van der Waals surface area (Å²) in [4.78, 5) is 0. The van der Waals surface area contributed by atoms with Gasteiger partial charge in [0.2, 0.25) is 0 Å². The zero-order valence-electron chi connectivity index (χ0n) is 6.76. The molecular weight excluding hydrogens is 144 g/mol. The number of aliphatic hydroxyl groups is 1. The minimum atomic E-state index is -0.492. The lowest BCUT2D eigenvalue weighted by atomic mass is 10.1. The Hall–Kier alpha value is 0.0500. The molecule has 1 N–H and O–H groups in total. The summed E-state index contributed by atoms with van der Waals surface area (Å²) in [6.07, 6.45) is 2.67. The highest BCUT2D eigenvalue weighted by Gasteiger charge is 2.15. The first-order valence-electron chi connectivity index (χ1n) is 3.53. The van der Waals surface area contributed by atoms with E-state index in [-0.39, 0.29) is 0 Å². The van der Waals surface area contributed by atoms with E-state index in [1.807, 2.05) is 19.9 Å². The van der Waals surface area contributed by atoms with Crippen LogP contribution in [0.2, 0.25) is 0 Å². The zero-order chi connectivity index (χ0) is 8.04. The average molecular weight is 160 g/mol. The van der Waals surface area contributed by atoms with Gasteiger partial charge in [-0.2, -0.15) is 11.8 Å². The van der Waals surface area contributed by atoms with E-state index in [1.165, 1.54) is 0 Å². The summed E-state index contributed by atoms with van der Waals surface area (Å²) < 4.78 is 0. The van der Waals surface area contributed by atoms with Gasteiger partial charge in [-0.15, -0.1) is 6.58 Å². The van der Waals surface area contributed by atoms with Crippen molar-refractivity contribution in [3.8, 4) is 0 Å². The summed E-state index contributed by atoms with van der Waals surface area (Å²) in [6.45, 7) is 7.46. The lowest BCUT2D eigenvalue weighted by molar-refractivity contribution is 0.0816. The third-order valence-corrected chi connectivity index (χ3v) is 2.71. The Kier molecular flexibility index (Phi) is 4.83. The monoisotopic (exact) mass is 160 g/mol. The normalized spacial score (nSPS) is 16.3. The van der Waals surface area contributed by atoms with Crippen molar-refractivity contribution >= 4 is 11.8 Å². The van der Waals surface area contributed by atoms with Crippen LogP contribution in [0, 0.1) is 0 Å². The molecule has 0 heterocycles. The fourth-order valence-corrected chi connectivity index (χ4v) is 1.39. The van der Waals surface area contributed by atoms with Crippen molar-refractivity contribution in [2.75, 3.05) is 11.5 Å². The molecule has 0 saturated heterocycles. The van der Waals surface area contributed by atoms with Gasteiger partial charge in [-0.25, -0.2) is 0 Å². The van der Waals surface area contributed by atoms with Gasteiger partial charge in [0.25, 0.3) is 0 Å². The first-order valence-corrected chi connectivity index (χ1v) is 4.69. The average Bonchev–Trinajstić information content (AvgIpc) is 1.89. The molecule has 0 radical (unpaired) electrons. The summed E-state index contributed by atoms with van der Waals surface area (Å²) >= 11 is 1.72. The minimum absolute atomic E-state index is 0.492. The van der Waals surface area contributed by atoms with Gasteiger partial charge in [0.15, 0.2) is 0 Å².